The Labute approximate surface area is 86.0 Å². The van der Waals surface area contributed by atoms with Crippen molar-refractivity contribution >= 4 is 6.21 Å². The second kappa shape index (κ2) is 8.05. The van der Waals surface area contributed by atoms with Gasteiger partial charge >= 0.3 is 0 Å². The molecule has 14 heavy (non-hydrogen) atoms. The molecule has 0 bridgehead atoms. The molecule has 76 valence electrons. The first-order chi connectivity index (χ1) is 6.70. The molecule has 0 radical (unpaired) electrons. The Balaban J connectivity index is 4.37. The van der Waals surface area contributed by atoms with E-state index >= 15 is 0 Å². The average molecular weight is 191 g/mol. The van der Waals surface area contributed by atoms with Crippen LogP contribution in [0, 0.1) is 0 Å². The van der Waals surface area contributed by atoms with E-state index in [1.165, 1.54) is 0 Å². The number of hydrogen-bond acceptors (Lipinski definition) is 2. The van der Waals surface area contributed by atoms with Gasteiger partial charge < -0.3 is 4.84 Å². The highest BCUT2D eigenvalue weighted by Gasteiger charge is 1.84. The van der Waals surface area contributed by atoms with Gasteiger partial charge in [-0.15, -0.1) is 0 Å². The second-order valence-corrected chi connectivity index (χ2v) is 2.72. The minimum atomic E-state index is 0.576. The van der Waals surface area contributed by atoms with Gasteiger partial charge in [0.1, 0.15) is 5.76 Å². The maximum absolute atomic E-state index is 4.87. The topological polar surface area (TPSA) is 21.6 Å². The SMILES string of the molecule is C=C(C)O/N=C/C(/C=C\C)=C/C=C\C. The molecule has 0 amide bonds. The zero-order valence-electron chi connectivity index (χ0n) is 9.03. The normalized spacial score (nSPS) is 13.2. The van der Waals surface area contributed by atoms with Crippen LogP contribution >= 0.6 is 0 Å². The fourth-order valence-electron chi connectivity index (χ4n) is 0.719. The van der Waals surface area contributed by atoms with Gasteiger partial charge in [0.25, 0.3) is 0 Å². The van der Waals surface area contributed by atoms with Crippen LogP contribution in [-0.4, -0.2) is 6.21 Å². The highest BCUT2D eigenvalue weighted by molar-refractivity contribution is 5.82. The van der Waals surface area contributed by atoms with Crippen molar-refractivity contribution in [3.8, 4) is 0 Å². The van der Waals surface area contributed by atoms with Crippen LogP contribution in [0.5, 0.6) is 0 Å². The monoisotopic (exact) mass is 191 g/mol. The van der Waals surface area contributed by atoms with Crippen LogP contribution in [0.15, 0.2) is 53.4 Å². The Bertz CT molecular complexity index is 283. The third-order valence-corrected chi connectivity index (χ3v) is 1.25. The second-order valence-electron chi connectivity index (χ2n) is 2.72. The first-order valence-corrected chi connectivity index (χ1v) is 4.52. The molecule has 0 saturated heterocycles. The van der Waals surface area contributed by atoms with Crippen molar-refractivity contribution in [2.45, 2.75) is 20.8 Å². The van der Waals surface area contributed by atoms with Gasteiger partial charge in [-0.3, -0.25) is 0 Å². The molecule has 0 atom stereocenters. The summed E-state index contributed by atoms with van der Waals surface area (Å²) in [5.74, 6) is 0.576. The molecule has 0 aromatic heterocycles. The van der Waals surface area contributed by atoms with Crippen LogP contribution < -0.4 is 0 Å². The lowest BCUT2D eigenvalue weighted by Crippen LogP contribution is -1.82. The largest absolute Gasteiger partial charge is 0.362 e. The summed E-state index contributed by atoms with van der Waals surface area (Å²) in [5, 5.41) is 3.76. The summed E-state index contributed by atoms with van der Waals surface area (Å²) >= 11 is 0. The van der Waals surface area contributed by atoms with Crippen molar-refractivity contribution in [3.63, 3.8) is 0 Å². The minimum Gasteiger partial charge on any atom is -0.362 e. The van der Waals surface area contributed by atoms with Crippen LogP contribution in [0.3, 0.4) is 0 Å². The van der Waals surface area contributed by atoms with Gasteiger partial charge in [0.15, 0.2) is 0 Å². The minimum absolute atomic E-state index is 0.576. The van der Waals surface area contributed by atoms with Gasteiger partial charge in [-0.05, 0) is 26.3 Å². The molecule has 0 aromatic rings. The molecule has 0 unspecified atom stereocenters. The molecule has 0 aliphatic carbocycles. The summed E-state index contributed by atoms with van der Waals surface area (Å²) in [6.45, 7) is 9.24. The van der Waals surface area contributed by atoms with E-state index in [4.69, 9.17) is 4.84 Å². The van der Waals surface area contributed by atoms with Crippen LogP contribution in [0.25, 0.3) is 0 Å². The van der Waals surface area contributed by atoms with E-state index in [1.807, 2.05) is 44.2 Å². The molecule has 2 nitrogen and oxygen atoms in total. The molecule has 0 rings (SSSR count). The van der Waals surface area contributed by atoms with E-state index in [1.54, 1.807) is 13.1 Å². The maximum Gasteiger partial charge on any atom is 0.124 e. The third-order valence-electron chi connectivity index (χ3n) is 1.25. The van der Waals surface area contributed by atoms with Gasteiger partial charge in [-0.25, -0.2) is 0 Å². The predicted octanol–water partition coefficient (Wildman–Crippen LogP) is 3.60. The van der Waals surface area contributed by atoms with Crippen molar-refractivity contribution in [2.75, 3.05) is 0 Å². The van der Waals surface area contributed by atoms with E-state index in [9.17, 15) is 0 Å². The standard InChI is InChI=1S/C12H17NO/c1-5-7-9-12(8-6-2)10-13-14-11(3)4/h5-10H,3H2,1-2,4H3/b7-5-,8-6-,12-9+,13-10+. The highest BCUT2D eigenvalue weighted by atomic mass is 16.6. The third kappa shape index (κ3) is 7.10. The van der Waals surface area contributed by atoms with Crippen molar-refractivity contribution in [1.29, 1.82) is 0 Å². The van der Waals surface area contributed by atoms with Gasteiger partial charge in [0.2, 0.25) is 0 Å². The van der Waals surface area contributed by atoms with Crippen LogP contribution in [0.4, 0.5) is 0 Å². The quantitative estimate of drug-likeness (QED) is 0.281. The number of oxime groups is 1. The molecular formula is C12H17NO. The summed E-state index contributed by atoms with van der Waals surface area (Å²) < 4.78 is 0. The van der Waals surface area contributed by atoms with Crippen molar-refractivity contribution in [2.24, 2.45) is 5.16 Å². The Morgan fingerprint density at radius 1 is 1.29 bits per heavy atom. The number of rotatable bonds is 5. The molecular weight excluding hydrogens is 174 g/mol. The van der Waals surface area contributed by atoms with E-state index < -0.39 is 0 Å². The fraction of sp³-hybridized carbons (Fsp3) is 0.250. The summed E-state index contributed by atoms with van der Waals surface area (Å²) in [6.07, 6.45) is 11.4. The average Bonchev–Trinajstić information content (AvgIpc) is 2.13. The molecule has 0 spiro atoms. The Kier molecular flexibility index (Phi) is 7.15. The van der Waals surface area contributed by atoms with Gasteiger partial charge in [0.05, 0.1) is 6.21 Å². The Morgan fingerprint density at radius 3 is 2.50 bits per heavy atom. The fourth-order valence-corrected chi connectivity index (χ4v) is 0.719. The van der Waals surface area contributed by atoms with Crippen molar-refractivity contribution in [1.82, 2.24) is 0 Å². The van der Waals surface area contributed by atoms with E-state index in [2.05, 4.69) is 11.7 Å². The van der Waals surface area contributed by atoms with E-state index in [0.29, 0.717) is 5.76 Å². The number of hydrogen-bond donors (Lipinski definition) is 0. The molecule has 0 N–H and O–H groups in total. The Morgan fingerprint density at radius 2 is 2.00 bits per heavy atom. The van der Waals surface area contributed by atoms with E-state index in [-0.39, 0.29) is 0 Å². The van der Waals surface area contributed by atoms with Crippen LogP contribution in [0.2, 0.25) is 0 Å². The lowest BCUT2D eigenvalue weighted by atomic mass is 10.2. The molecule has 0 aliphatic rings. The summed E-state index contributed by atoms with van der Waals surface area (Å²) in [5.41, 5.74) is 0.979. The maximum atomic E-state index is 4.87. The molecule has 0 heterocycles. The van der Waals surface area contributed by atoms with Gasteiger partial charge in [-0.2, -0.15) is 0 Å². The van der Waals surface area contributed by atoms with Crippen molar-refractivity contribution < 1.29 is 4.84 Å². The van der Waals surface area contributed by atoms with Gasteiger partial charge in [-0.1, -0.05) is 42.1 Å². The first kappa shape index (κ1) is 12.4. The van der Waals surface area contributed by atoms with Crippen molar-refractivity contribution in [3.05, 3.63) is 48.3 Å². The molecule has 0 aromatic carbocycles. The summed E-state index contributed by atoms with van der Waals surface area (Å²) in [7, 11) is 0. The zero-order chi connectivity index (χ0) is 10.8. The van der Waals surface area contributed by atoms with Crippen LogP contribution in [-0.2, 0) is 4.84 Å². The lowest BCUT2D eigenvalue weighted by molar-refractivity contribution is 0.233. The van der Waals surface area contributed by atoms with Gasteiger partial charge in [0, 0.05) is 0 Å². The number of nitrogens with zero attached hydrogens (tertiary/aromatic N) is 1. The molecule has 0 fully saturated rings. The highest BCUT2D eigenvalue weighted by Crippen LogP contribution is 1.97. The summed E-state index contributed by atoms with van der Waals surface area (Å²) in [4.78, 5) is 4.87. The summed E-state index contributed by atoms with van der Waals surface area (Å²) in [6, 6.07) is 0. The molecule has 0 saturated carbocycles. The van der Waals surface area contributed by atoms with E-state index in [0.717, 1.165) is 5.57 Å². The molecule has 2 heteroatoms. The molecule has 0 aliphatic heterocycles. The van der Waals surface area contributed by atoms with Crippen LogP contribution in [0.1, 0.15) is 20.8 Å². The smallest absolute Gasteiger partial charge is 0.124 e. The zero-order valence-corrected chi connectivity index (χ0v) is 9.03. The Hall–Kier alpha value is -1.57. The predicted molar refractivity (Wildman–Crippen MR) is 62.1 cm³/mol. The number of allylic oxidation sites excluding steroid dienone is 7. The first-order valence-electron chi connectivity index (χ1n) is 4.52. The lowest BCUT2D eigenvalue weighted by Gasteiger charge is -1.94.